The molecule has 2 aromatic carbocycles. The Bertz CT molecular complexity index is 649. The first-order valence-corrected chi connectivity index (χ1v) is 5.63. The molecule has 0 aliphatic carbocycles. The topological polar surface area (TPSA) is 97.5 Å². The number of carboxylic acids is 1. The van der Waals surface area contributed by atoms with Crippen molar-refractivity contribution >= 4 is 17.4 Å². The summed E-state index contributed by atoms with van der Waals surface area (Å²) in [6.45, 7) is 0. The Hall–Kier alpha value is -3.02. The number of aromatic carboxylic acids is 1. The molecular weight excluding hydrogens is 262 g/mol. The third-order valence-corrected chi connectivity index (χ3v) is 2.75. The van der Waals surface area contributed by atoms with Crippen molar-refractivity contribution in [1.29, 1.82) is 0 Å². The third kappa shape index (κ3) is 2.39. The molecule has 20 heavy (non-hydrogen) atoms. The van der Waals surface area contributed by atoms with Gasteiger partial charge in [-0.05, 0) is 12.1 Å². The molecule has 0 radical (unpaired) electrons. The molecule has 1 N–H and O–H groups in total. The molecular formula is C14H9NO5. The molecule has 6 nitrogen and oxygen atoms in total. The van der Waals surface area contributed by atoms with Gasteiger partial charge in [-0.15, -0.1) is 0 Å². The second kappa shape index (κ2) is 5.31. The Kier molecular flexibility index (Phi) is 3.56. The number of nitro benzene ring substituents is 1. The van der Waals surface area contributed by atoms with Gasteiger partial charge in [0.1, 0.15) is 5.56 Å². The minimum atomic E-state index is -1.26. The highest BCUT2D eigenvalue weighted by Crippen LogP contribution is 2.22. The zero-order valence-corrected chi connectivity index (χ0v) is 10.1. The summed E-state index contributed by atoms with van der Waals surface area (Å²) < 4.78 is 0. The van der Waals surface area contributed by atoms with Crippen molar-refractivity contribution in [1.82, 2.24) is 0 Å². The normalized spacial score (nSPS) is 10.0. The Morgan fingerprint density at radius 1 is 0.900 bits per heavy atom. The third-order valence-electron chi connectivity index (χ3n) is 2.75. The predicted octanol–water partition coefficient (Wildman–Crippen LogP) is 2.52. The van der Waals surface area contributed by atoms with Crippen molar-refractivity contribution < 1.29 is 19.6 Å². The van der Waals surface area contributed by atoms with Gasteiger partial charge in [0.2, 0.25) is 5.78 Å². The number of benzene rings is 2. The molecule has 0 atom stereocenters. The molecule has 100 valence electrons. The van der Waals surface area contributed by atoms with E-state index in [2.05, 4.69) is 0 Å². The zero-order chi connectivity index (χ0) is 14.7. The predicted molar refractivity (Wildman–Crippen MR) is 69.9 cm³/mol. The highest BCUT2D eigenvalue weighted by atomic mass is 16.6. The minimum Gasteiger partial charge on any atom is -0.478 e. The van der Waals surface area contributed by atoms with Gasteiger partial charge in [0, 0.05) is 11.6 Å². The van der Waals surface area contributed by atoms with Crippen LogP contribution >= 0.6 is 0 Å². The molecule has 0 heterocycles. The van der Waals surface area contributed by atoms with Crippen LogP contribution in [-0.4, -0.2) is 21.8 Å². The van der Waals surface area contributed by atoms with Gasteiger partial charge >= 0.3 is 5.97 Å². The van der Waals surface area contributed by atoms with E-state index in [0.717, 1.165) is 0 Å². The molecule has 0 unspecified atom stereocenters. The molecule has 2 rings (SSSR count). The van der Waals surface area contributed by atoms with Crippen LogP contribution < -0.4 is 0 Å². The fraction of sp³-hybridized carbons (Fsp3) is 0. The first kappa shape index (κ1) is 13.4. The van der Waals surface area contributed by atoms with Crippen molar-refractivity contribution in [3.05, 3.63) is 75.3 Å². The molecule has 0 saturated heterocycles. The van der Waals surface area contributed by atoms with Gasteiger partial charge in [-0.1, -0.05) is 30.3 Å². The molecule has 0 spiro atoms. The number of ketones is 1. The van der Waals surface area contributed by atoms with E-state index in [-0.39, 0.29) is 22.4 Å². The maximum atomic E-state index is 12.3. The molecule has 2 aromatic rings. The van der Waals surface area contributed by atoms with E-state index in [9.17, 15) is 19.7 Å². The maximum absolute atomic E-state index is 12.3. The molecule has 0 aromatic heterocycles. The van der Waals surface area contributed by atoms with E-state index in [4.69, 9.17) is 5.11 Å². The Morgan fingerprint density at radius 2 is 1.40 bits per heavy atom. The van der Waals surface area contributed by atoms with Gasteiger partial charge in [-0.25, -0.2) is 4.79 Å². The van der Waals surface area contributed by atoms with Gasteiger partial charge in [0.25, 0.3) is 5.69 Å². The summed E-state index contributed by atoms with van der Waals surface area (Å²) in [7, 11) is 0. The van der Waals surface area contributed by atoms with E-state index < -0.39 is 16.7 Å². The van der Waals surface area contributed by atoms with E-state index >= 15 is 0 Å². The van der Waals surface area contributed by atoms with Gasteiger partial charge < -0.3 is 5.11 Å². The Balaban J connectivity index is 2.59. The molecule has 0 bridgehead atoms. The average molecular weight is 271 g/mol. The van der Waals surface area contributed by atoms with Crippen molar-refractivity contribution in [2.24, 2.45) is 0 Å². The van der Waals surface area contributed by atoms with Crippen molar-refractivity contribution in [2.45, 2.75) is 0 Å². The Morgan fingerprint density at radius 3 is 1.95 bits per heavy atom. The van der Waals surface area contributed by atoms with E-state index in [1.807, 2.05) is 0 Å². The first-order valence-electron chi connectivity index (χ1n) is 5.63. The Labute approximate surface area is 113 Å². The molecule has 0 aliphatic rings. The van der Waals surface area contributed by atoms with Gasteiger partial charge in [0.15, 0.2) is 0 Å². The summed E-state index contributed by atoms with van der Waals surface area (Å²) in [5, 5.41) is 20.0. The van der Waals surface area contributed by atoms with Crippen LogP contribution in [0.1, 0.15) is 26.3 Å². The highest BCUT2D eigenvalue weighted by molar-refractivity contribution is 6.16. The quantitative estimate of drug-likeness (QED) is 0.523. The second-order valence-electron chi connectivity index (χ2n) is 3.95. The number of hydrogen-bond donors (Lipinski definition) is 1. The van der Waals surface area contributed by atoms with Crippen LogP contribution in [0.5, 0.6) is 0 Å². The fourth-order valence-electron chi connectivity index (χ4n) is 1.84. The summed E-state index contributed by atoms with van der Waals surface area (Å²) in [4.78, 5) is 33.7. The van der Waals surface area contributed by atoms with Crippen LogP contribution in [0.25, 0.3) is 0 Å². The van der Waals surface area contributed by atoms with Gasteiger partial charge in [0.05, 0.1) is 10.5 Å². The zero-order valence-electron chi connectivity index (χ0n) is 10.1. The van der Waals surface area contributed by atoms with Gasteiger partial charge in [-0.2, -0.15) is 0 Å². The monoisotopic (exact) mass is 271 g/mol. The number of carbonyl (C=O) groups excluding carboxylic acids is 1. The molecule has 0 saturated carbocycles. The summed E-state index contributed by atoms with van der Waals surface area (Å²) in [5.41, 5.74) is -0.742. The van der Waals surface area contributed by atoms with Crippen LogP contribution in [0.2, 0.25) is 0 Å². The van der Waals surface area contributed by atoms with E-state index in [0.29, 0.717) is 0 Å². The molecule has 0 amide bonds. The number of carboxylic acid groups (broad SMARTS) is 1. The fourth-order valence-corrected chi connectivity index (χ4v) is 1.84. The number of para-hydroxylation sites is 1. The molecule has 6 heteroatoms. The second-order valence-corrected chi connectivity index (χ2v) is 3.95. The van der Waals surface area contributed by atoms with Crippen molar-refractivity contribution in [3.63, 3.8) is 0 Å². The van der Waals surface area contributed by atoms with Crippen LogP contribution in [0.3, 0.4) is 0 Å². The van der Waals surface area contributed by atoms with Crippen LogP contribution in [-0.2, 0) is 0 Å². The lowest BCUT2D eigenvalue weighted by Gasteiger charge is -2.05. The lowest BCUT2D eigenvalue weighted by molar-refractivity contribution is -0.385. The highest BCUT2D eigenvalue weighted by Gasteiger charge is 2.23. The van der Waals surface area contributed by atoms with Crippen molar-refractivity contribution in [2.75, 3.05) is 0 Å². The smallest absolute Gasteiger partial charge is 0.336 e. The summed E-state index contributed by atoms with van der Waals surface area (Å²) in [6, 6.07) is 11.1. The minimum absolute atomic E-state index is 0.0747. The first-order chi connectivity index (χ1) is 9.52. The van der Waals surface area contributed by atoms with E-state index in [1.54, 1.807) is 0 Å². The maximum Gasteiger partial charge on any atom is 0.336 e. The lowest BCUT2D eigenvalue weighted by atomic mass is 9.97. The van der Waals surface area contributed by atoms with Crippen molar-refractivity contribution in [3.8, 4) is 0 Å². The number of nitro groups is 1. The van der Waals surface area contributed by atoms with Crippen LogP contribution in [0.4, 0.5) is 5.69 Å². The number of hydrogen-bond acceptors (Lipinski definition) is 4. The number of carbonyl (C=O) groups is 2. The lowest BCUT2D eigenvalue weighted by Crippen LogP contribution is -2.11. The number of nitrogens with zero attached hydrogens (tertiary/aromatic N) is 1. The van der Waals surface area contributed by atoms with E-state index in [1.165, 1.54) is 48.5 Å². The summed E-state index contributed by atoms with van der Waals surface area (Å²) >= 11 is 0. The molecule has 0 fully saturated rings. The molecule has 0 aliphatic heterocycles. The number of rotatable bonds is 4. The SMILES string of the molecule is O=C(O)c1ccccc1C(=O)c1ccccc1[N+](=O)[O-]. The largest absolute Gasteiger partial charge is 0.478 e. The van der Waals surface area contributed by atoms with Crippen LogP contribution in [0, 0.1) is 10.1 Å². The summed E-state index contributed by atoms with van der Waals surface area (Å²) in [6.07, 6.45) is 0. The van der Waals surface area contributed by atoms with Crippen LogP contribution in [0.15, 0.2) is 48.5 Å². The average Bonchev–Trinajstić information content (AvgIpc) is 2.46. The summed E-state index contributed by atoms with van der Waals surface area (Å²) in [5.74, 6) is -1.94. The van der Waals surface area contributed by atoms with Gasteiger partial charge in [-0.3, -0.25) is 14.9 Å². The standard InChI is InChI=1S/C14H9NO5/c16-13(9-5-1-2-6-10(9)14(17)18)11-7-3-4-8-12(11)15(19)20/h1-8H,(H,17,18).